The van der Waals surface area contributed by atoms with Gasteiger partial charge in [-0.05, 0) is 135 Å². The van der Waals surface area contributed by atoms with E-state index in [9.17, 15) is 14.4 Å². The van der Waals surface area contributed by atoms with Gasteiger partial charge in [0.2, 0.25) is 0 Å². The maximum absolute atomic E-state index is 12.9. The van der Waals surface area contributed by atoms with E-state index in [0.717, 1.165) is 154 Å². The lowest BCUT2D eigenvalue weighted by Gasteiger charge is -2.18. The minimum Gasteiger partial charge on any atom is -0.462 e. The smallest absolute Gasteiger partial charge is 0.306 e. The Balaban J connectivity index is 4.32. The number of carbonyl (C=O) groups excluding carboxylic acids is 3. The van der Waals surface area contributed by atoms with Crippen LogP contribution in [-0.4, -0.2) is 37.2 Å². The lowest BCUT2D eigenvalue weighted by Crippen LogP contribution is -2.30. The van der Waals surface area contributed by atoms with Crippen LogP contribution in [0.15, 0.2) is 146 Å². The van der Waals surface area contributed by atoms with Gasteiger partial charge in [-0.25, -0.2) is 0 Å². The van der Waals surface area contributed by atoms with Gasteiger partial charge in [0.15, 0.2) is 6.10 Å². The van der Waals surface area contributed by atoms with Gasteiger partial charge < -0.3 is 14.2 Å². The Kier molecular flexibility index (Phi) is 61.9. The Morgan fingerprint density at radius 1 is 0.253 bits per heavy atom. The first-order chi connectivity index (χ1) is 39.0. The predicted octanol–water partition coefficient (Wildman–Crippen LogP) is 22.3. The Morgan fingerprint density at radius 2 is 0.456 bits per heavy atom. The summed E-state index contributed by atoms with van der Waals surface area (Å²) >= 11 is 0. The molecular weight excluding hydrogens is 973 g/mol. The third-order valence-corrected chi connectivity index (χ3v) is 13.3. The number of carbonyl (C=O) groups is 3. The largest absolute Gasteiger partial charge is 0.462 e. The molecule has 0 aliphatic heterocycles. The third-order valence-electron chi connectivity index (χ3n) is 13.3. The van der Waals surface area contributed by atoms with Crippen molar-refractivity contribution in [2.45, 2.75) is 284 Å². The van der Waals surface area contributed by atoms with Crippen LogP contribution in [0.2, 0.25) is 0 Å². The summed E-state index contributed by atoms with van der Waals surface area (Å²) in [5.74, 6) is -0.943. The summed E-state index contributed by atoms with van der Waals surface area (Å²) in [4.78, 5) is 38.3. The lowest BCUT2D eigenvalue weighted by molar-refractivity contribution is -0.167. The highest BCUT2D eigenvalue weighted by atomic mass is 16.6. The van der Waals surface area contributed by atoms with Gasteiger partial charge in [-0.15, -0.1) is 0 Å². The highest BCUT2D eigenvalue weighted by molar-refractivity contribution is 5.71. The number of rotatable bonds is 57. The molecule has 0 saturated heterocycles. The molecule has 0 aromatic carbocycles. The Labute approximate surface area is 487 Å². The van der Waals surface area contributed by atoms with E-state index in [1.807, 2.05) is 0 Å². The topological polar surface area (TPSA) is 78.9 Å². The van der Waals surface area contributed by atoms with E-state index >= 15 is 0 Å². The SMILES string of the molecule is CC/C=C\C/C=C\C/C=C\C/C=C\C/C=C\CCCCCCCCCCCCCCCC(=O)OCC(COC(=O)CCCCC/C=C\C/C=C\C/C=C\CC)OC(=O)CCCCCCCC/C=C\C/C=C\C/C=C\C/C=C\CC. The zero-order valence-electron chi connectivity index (χ0n) is 51.1. The number of ether oxygens (including phenoxy) is 3. The van der Waals surface area contributed by atoms with E-state index in [1.165, 1.54) is 83.5 Å². The highest BCUT2D eigenvalue weighted by Crippen LogP contribution is 2.16. The molecule has 1 unspecified atom stereocenters. The van der Waals surface area contributed by atoms with Crippen LogP contribution in [0.3, 0.4) is 0 Å². The Morgan fingerprint density at radius 3 is 0.722 bits per heavy atom. The van der Waals surface area contributed by atoms with E-state index in [0.29, 0.717) is 19.3 Å². The van der Waals surface area contributed by atoms with Crippen molar-refractivity contribution in [3.63, 3.8) is 0 Å². The molecule has 0 aromatic heterocycles. The molecule has 446 valence electrons. The van der Waals surface area contributed by atoms with Gasteiger partial charge in [0.05, 0.1) is 0 Å². The van der Waals surface area contributed by atoms with Crippen LogP contribution >= 0.6 is 0 Å². The molecule has 6 nitrogen and oxygen atoms in total. The average molecular weight is 1090 g/mol. The molecule has 0 bridgehead atoms. The molecule has 0 saturated carbocycles. The predicted molar refractivity (Wildman–Crippen MR) is 343 cm³/mol. The molecule has 0 aliphatic rings. The van der Waals surface area contributed by atoms with Crippen LogP contribution in [0.25, 0.3) is 0 Å². The van der Waals surface area contributed by atoms with Crippen LogP contribution < -0.4 is 0 Å². The fourth-order valence-corrected chi connectivity index (χ4v) is 8.59. The van der Waals surface area contributed by atoms with Gasteiger partial charge in [-0.3, -0.25) is 14.4 Å². The maximum atomic E-state index is 12.9. The van der Waals surface area contributed by atoms with Gasteiger partial charge in [0, 0.05) is 19.3 Å². The van der Waals surface area contributed by atoms with Crippen LogP contribution in [0.5, 0.6) is 0 Å². The standard InChI is InChI=1S/C73H118O6/c1-4-7-10-13-16-19-22-25-27-29-31-32-33-34-35-36-37-38-39-40-42-43-45-48-51-54-57-60-63-66-72(75)78-69-70(68-77-71(74)65-62-59-56-53-50-47-24-21-18-15-12-9-6-3)79-73(76)67-64-61-58-55-52-49-46-44-41-30-28-26-23-20-17-14-11-8-5-2/h7-12,16-21,25-28,31-32,34-35,41,44,47,50,70H,4-6,13-15,22-24,29-30,33,36-40,42-43,45-46,48-49,51-69H2,1-3H3/b10-7-,11-8-,12-9-,19-16-,20-17-,21-18-,27-25-,28-26-,32-31-,35-34-,44-41-,50-47-. The number of hydrogen-bond acceptors (Lipinski definition) is 6. The second-order valence-corrected chi connectivity index (χ2v) is 20.9. The van der Waals surface area contributed by atoms with E-state index in [-0.39, 0.29) is 31.1 Å². The number of unbranched alkanes of at least 4 members (excludes halogenated alkanes) is 22. The van der Waals surface area contributed by atoms with Gasteiger partial charge in [-0.1, -0.05) is 269 Å². The summed E-state index contributed by atoms with van der Waals surface area (Å²) in [5.41, 5.74) is 0. The first-order valence-corrected chi connectivity index (χ1v) is 32.3. The van der Waals surface area contributed by atoms with Crippen molar-refractivity contribution in [2.75, 3.05) is 13.2 Å². The molecule has 0 aromatic rings. The van der Waals surface area contributed by atoms with E-state index in [2.05, 4.69) is 167 Å². The maximum Gasteiger partial charge on any atom is 0.306 e. The Bertz CT molecular complexity index is 1730. The fraction of sp³-hybridized carbons (Fsp3) is 0.630. The first kappa shape index (κ1) is 74.3. The minimum absolute atomic E-state index is 0.0980. The summed E-state index contributed by atoms with van der Waals surface area (Å²) in [6, 6.07) is 0. The molecule has 0 fully saturated rings. The lowest BCUT2D eigenvalue weighted by atomic mass is 10.0. The van der Waals surface area contributed by atoms with Crippen LogP contribution in [0.4, 0.5) is 0 Å². The van der Waals surface area contributed by atoms with Crippen LogP contribution in [-0.2, 0) is 28.6 Å². The third kappa shape index (κ3) is 64.0. The van der Waals surface area contributed by atoms with Crippen molar-refractivity contribution in [3.05, 3.63) is 146 Å². The van der Waals surface area contributed by atoms with Gasteiger partial charge >= 0.3 is 17.9 Å². The summed E-state index contributed by atoms with van der Waals surface area (Å²) in [6.07, 6.45) is 94.3. The molecular formula is C73H118O6. The molecule has 0 heterocycles. The zero-order valence-corrected chi connectivity index (χ0v) is 51.1. The average Bonchev–Trinajstić information content (AvgIpc) is 3.45. The quantitative estimate of drug-likeness (QED) is 0.0261. The van der Waals surface area contributed by atoms with E-state index < -0.39 is 6.10 Å². The normalized spacial score (nSPS) is 13.1. The highest BCUT2D eigenvalue weighted by Gasteiger charge is 2.19. The zero-order chi connectivity index (χ0) is 57.1. The second-order valence-electron chi connectivity index (χ2n) is 20.9. The molecule has 79 heavy (non-hydrogen) atoms. The molecule has 0 aliphatic carbocycles. The van der Waals surface area contributed by atoms with E-state index in [4.69, 9.17) is 14.2 Å². The van der Waals surface area contributed by atoms with Crippen molar-refractivity contribution < 1.29 is 28.6 Å². The van der Waals surface area contributed by atoms with Crippen LogP contribution in [0, 0.1) is 0 Å². The fourth-order valence-electron chi connectivity index (χ4n) is 8.59. The molecule has 6 heteroatoms. The van der Waals surface area contributed by atoms with Crippen molar-refractivity contribution in [2.24, 2.45) is 0 Å². The summed E-state index contributed by atoms with van der Waals surface area (Å²) in [7, 11) is 0. The van der Waals surface area contributed by atoms with Crippen molar-refractivity contribution in [3.8, 4) is 0 Å². The Hall–Kier alpha value is -4.71. The van der Waals surface area contributed by atoms with Gasteiger partial charge in [0.25, 0.3) is 0 Å². The molecule has 1 atom stereocenters. The van der Waals surface area contributed by atoms with Crippen molar-refractivity contribution in [1.82, 2.24) is 0 Å². The monoisotopic (exact) mass is 1090 g/mol. The summed E-state index contributed by atoms with van der Waals surface area (Å²) in [6.45, 7) is 6.27. The van der Waals surface area contributed by atoms with E-state index in [1.54, 1.807) is 0 Å². The number of esters is 3. The second kappa shape index (κ2) is 65.8. The first-order valence-electron chi connectivity index (χ1n) is 32.3. The molecule has 0 radical (unpaired) electrons. The van der Waals surface area contributed by atoms with Crippen molar-refractivity contribution >= 4 is 17.9 Å². The van der Waals surface area contributed by atoms with Crippen molar-refractivity contribution in [1.29, 1.82) is 0 Å². The summed E-state index contributed by atoms with van der Waals surface area (Å²) in [5, 5.41) is 0. The minimum atomic E-state index is -0.805. The summed E-state index contributed by atoms with van der Waals surface area (Å²) < 4.78 is 16.9. The molecule has 0 N–H and O–H groups in total. The van der Waals surface area contributed by atoms with Crippen LogP contribution in [0.1, 0.15) is 278 Å². The number of hydrogen-bond donors (Lipinski definition) is 0. The van der Waals surface area contributed by atoms with Gasteiger partial charge in [-0.2, -0.15) is 0 Å². The molecule has 0 amide bonds. The number of allylic oxidation sites excluding steroid dienone is 24. The molecule has 0 spiro atoms. The molecule has 0 rings (SSSR count). The van der Waals surface area contributed by atoms with Gasteiger partial charge in [0.1, 0.15) is 13.2 Å².